The van der Waals surface area contributed by atoms with Crippen LogP contribution in [0.25, 0.3) is 0 Å². The van der Waals surface area contributed by atoms with Crippen LogP contribution in [0.5, 0.6) is 5.88 Å². The summed E-state index contributed by atoms with van der Waals surface area (Å²) >= 11 is 0. The van der Waals surface area contributed by atoms with Gasteiger partial charge in [0.1, 0.15) is 5.69 Å². The maximum atomic E-state index is 11.5. The Morgan fingerprint density at radius 3 is 2.83 bits per heavy atom. The number of hydrogen-bond acceptors (Lipinski definition) is 7. The molecule has 1 fully saturated rings. The number of carbonyl (C=O) groups excluding carboxylic acids is 1. The lowest BCUT2D eigenvalue weighted by Gasteiger charge is -2.28. The topological polar surface area (TPSA) is 101 Å². The quantitative estimate of drug-likeness (QED) is 0.620. The molecule has 2 heterocycles. The Hall–Kier alpha value is -2.42. The standard InChI is InChI=1S/C15H23N5O4/c1-10(21)16-12-8-13(20(22)23)14(17-15(12)24-4)19-7-5-6-11(19)9-18(2)3/h8,11H,5-7,9H2,1-4H3,(H,16,21)/t11-/m1/s1. The van der Waals surface area contributed by atoms with Crippen molar-refractivity contribution in [2.75, 3.05) is 44.5 Å². The van der Waals surface area contributed by atoms with Gasteiger partial charge in [0.05, 0.1) is 12.0 Å². The number of amides is 1. The number of methoxy groups -OCH3 is 1. The minimum absolute atomic E-state index is 0.134. The third kappa shape index (κ3) is 3.91. The first kappa shape index (κ1) is 17.9. The maximum absolute atomic E-state index is 11.5. The second-order valence-corrected chi connectivity index (χ2v) is 6.08. The van der Waals surface area contributed by atoms with Gasteiger partial charge in [0.2, 0.25) is 17.6 Å². The van der Waals surface area contributed by atoms with E-state index in [2.05, 4.69) is 15.2 Å². The molecule has 1 atom stereocenters. The molecular weight excluding hydrogens is 314 g/mol. The van der Waals surface area contributed by atoms with Gasteiger partial charge in [-0.1, -0.05) is 0 Å². The molecule has 24 heavy (non-hydrogen) atoms. The van der Waals surface area contributed by atoms with Crippen molar-refractivity contribution in [1.29, 1.82) is 0 Å². The van der Waals surface area contributed by atoms with E-state index in [9.17, 15) is 14.9 Å². The number of ether oxygens (including phenoxy) is 1. The van der Waals surface area contributed by atoms with Crippen molar-refractivity contribution in [2.24, 2.45) is 0 Å². The molecule has 0 radical (unpaired) electrons. The van der Waals surface area contributed by atoms with E-state index in [0.29, 0.717) is 6.54 Å². The van der Waals surface area contributed by atoms with Gasteiger partial charge < -0.3 is 19.9 Å². The zero-order valence-corrected chi connectivity index (χ0v) is 14.4. The summed E-state index contributed by atoms with van der Waals surface area (Å²) in [5.74, 6) is 0.111. The lowest BCUT2D eigenvalue weighted by molar-refractivity contribution is -0.384. The number of nitrogens with one attached hydrogen (secondary N) is 1. The lowest BCUT2D eigenvalue weighted by atomic mass is 10.2. The summed E-state index contributed by atoms with van der Waals surface area (Å²) in [6.45, 7) is 2.82. The molecule has 1 N–H and O–H groups in total. The summed E-state index contributed by atoms with van der Waals surface area (Å²) in [7, 11) is 5.36. The van der Waals surface area contributed by atoms with Gasteiger partial charge in [-0.2, -0.15) is 4.98 Å². The minimum Gasteiger partial charge on any atom is -0.479 e. The molecule has 1 saturated heterocycles. The summed E-state index contributed by atoms with van der Waals surface area (Å²) in [6, 6.07) is 1.47. The number of aromatic nitrogens is 1. The maximum Gasteiger partial charge on any atom is 0.313 e. The van der Waals surface area contributed by atoms with Gasteiger partial charge in [-0.3, -0.25) is 14.9 Å². The number of pyridine rings is 1. The predicted octanol–water partition coefficient (Wildman–Crippen LogP) is 1.49. The molecule has 9 nitrogen and oxygen atoms in total. The van der Waals surface area contributed by atoms with E-state index in [0.717, 1.165) is 19.4 Å². The van der Waals surface area contributed by atoms with Crippen LogP contribution in [0.1, 0.15) is 19.8 Å². The molecule has 1 amide bonds. The number of anilines is 2. The van der Waals surface area contributed by atoms with Gasteiger partial charge in [-0.05, 0) is 26.9 Å². The molecule has 1 aliphatic rings. The van der Waals surface area contributed by atoms with Gasteiger partial charge >= 0.3 is 5.69 Å². The fraction of sp³-hybridized carbons (Fsp3) is 0.600. The van der Waals surface area contributed by atoms with Crippen molar-refractivity contribution in [3.63, 3.8) is 0 Å². The summed E-state index contributed by atoms with van der Waals surface area (Å²) < 4.78 is 5.21. The van der Waals surface area contributed by atoms with Gasteiger partial charge in [0, 0.05) is 32.1 Å². The Kier molecular flexibility index (Phi) is 5.55. The first-order valence-electron chi connectivity index (χ1n) is 7.76. The predicted molar refractivity (Wildman–Crippen MR) is 90.7 cm³/mol. The molecular formula is C15H23N5O4. The lowest BCUT2D eigenvalue weighted by Crippen LogP contribution is -2.38. The molecule has 0 bridgehead atoms. The highest BCUT2D eigenvalue weighted by atomic mass is 16.6. The van der Waals surface area contributed by atoms with E-state index in [4.69, 9.17) is 4.74 Å². The zero-order chi connectivity index (χ0) is 17.9. The normalized spacial score (nSPS) is 17.2. The number of rotatable bonds is 6. The molecule has 0 saturated carbocycles. The van der Waals surface area contributed by atoms with E-state index in [1.54, 1.807) is 0 Å². The summed E-state index contributed by atoms with van der Waals surface area (Å²) in [4.78, 5) is 30.7. The molecule has 1 aromatic heterocycles. The second kappa shape index (κ2) is 7.43. The van der Waals surface area contributed by atoms with E-state index < -0.39 is 4.92 Å². The van der Waals surface area contributed by atoms with Crippen LogP contribution in [-0.2, 0) is 4.79 Å². The molecule has 1 aliphatic heterocycles. The van der Waals surface area contributed by atoms with Crippen molar-refractivity contribution < 1.29 is 14.5 Å². The highest BCUT2D eigenvalue weighted by Gasteiger charge is 2.33. The Balaban J connectivity index is 2.47. The van der Waals surface area contributed by atoms with Gasteiger partial charge in [-0.25, -0.2) is 0 Å². The summed E-state index contributed by atoms with van der Waals surface area (Å²) in [6.07, 6.45) is 1.90. The number of hydrogen-bond donors (Lipinski definition) is 1. The number of nitrogens with zero attached hydrogens (tertiary/aromatic N) is 4. The average molecular weight is 337 g/mol. The second-order valence-electron chi connectivity index (χ2n) is 6.08. The fourth-order valence-corrected chi connectivity index (χ4v) is 2.98. The number of likely N-dealkylation sites (N-methyl/N-ethyl adjacent to an activating group) is 1. The Labute approximate surface area is 140 Å². The van der Waals surface area contributed by atoms with E-state index >= 15 is 0 Å². The van der Waals surface area contributed by atoms with Crippen LogP contribution in [0.4, 0.5) is 17.2 Å². The smallest absolute Gasteiger partial charge is 0.313 e. The molecule has 0 spiro atoms. The van der Waals surface area contributed by atoms with Crippen molar-refractivity contribution in [3.05, 3.63) is 16.2 Å². The fourth-order valence-electron chi connectivity index (χ4n) is 2.98. The SMILES string of the molecule is COc1nc(N2CCC[C@@H]2CN(C)C)c([N+](=O)[O-])cc1NC(C)=O. The van der Waals surface area contributed by atoms with Crippen molar-refractivity contribution in [3.8, 4) is 5.88 Å². The highest BCUT2D eigenvalue weighted by Crippen LogP contribution is 2.37. The number of carbonyl (C=O) groups is 1. The largest absolute Gasteiger partial charge is 0.479 e. The van der Waals surface area contributed by atoms with Crippen LogP contribution in [0.15, 0.2) is 6.07 Å². The first-order chi connectivity index (χ1) is 11.3. The van der Waals surface area contributed by atoms with Gasteiger partial charge in [-0.15, -0.1) is 0 Å². The van der Waals surface area contributed by atoms with Crippen molar-refractivity contribution in [1.82, 2.24) is 9.88 Å². The average Bonchev–Trinajstić information content (AvgIpc) is 2.93. The zero-order valence-electron chi connectivity index (χ0n) is 14.4. The van der Waals surface area contributed by atoms with Crippen molar-refractivity contribution in [2.45, 2.75) is 25.8 Å². The van der Waals surface area contributed by atoms with E-state index in [1.165, 1.54) is 20.1 Å². The third-order valence-corrected chi connectivity index (χ3v) is 3.87. The summed E-state index contributed by atoms with van der Waals surface area (Å²) in [5, 5.41) is 14.0. The van der Waals surface area contributed by atoms with Crippen LogP contribution >= 0.6 is 0 Å². The van der Waals surface area contributed by atoms with Crippen molar-refractivity contribution >= 4 is 23.1 Å². The van der Waals surface area contributed by atoms with Gasteiger partial charge in [0.15, 0.2) is 0 Å². The molecule has 0 unspecified atom stereocenters. The molecule has 132 valence electrons. The first-order valence-corrected chi connectivity index (χ1v) is 7.76. The minimum atomic E-state index is -0.474. The van der Waals surface area contributed by atoms with Crippen LogP contribution in [0.3, 0.4) is 0 Å². The van der Waals surface area contributed by atoms with Crippen LogP contribution in [0.2, 0.25) is 0 Å². The molecule has 1 aromatic rings. The Bertz CT molecular complexity index is 635. The summed E-state index contributed by atoms with van der Waals surface area (Å²) in [5.41, 5.74) is 0.0639. The Morgan fingerprint density at radius 2 is 2.29 bits per heavy atom. The molecule has 0 aliphatic carbocycles. The van der Waals surface area contributed by atoms with Crippen LogP contribution in [-0.4, -0.2) is 61.1 Å². The Morgan fingerprint density at radius 1 is 1.58 bits per heavy atom. The van der Waals surface area contributed by atoms with E-state index in [1.807, 2.05) is 19.0 Å². The third-order valence-electron chi connectivity index (χ3n) is 3.87. The molecule has 0 aromatic carbocycles. The number of nitro groups is 1. The van der Waals surface area contributed by atoms with Crippen LogP contribution in [0, 0.1) is 10.1 Å². The van der Waals surface area contributed by atoms with Gasteiger partial charge in [0.25, 0.3) is 0 Å². The van der Waals surface area contributed by atoms with Crippen LogP contribution < -0.4 is 15.0 Å². The molecule has 9 heteroatoms. The van der Waals surface area contributed by atoms with E-state index in [-0.39, 0.29) is 35.0 Å². The molecule has 2 rings (SSSR count). The highest BCUT2D eigenvalue weighted by molar-refractivity contribution is 5.91. The monoisotopic (exact) mass is 337 g/mol.